The van der Waals surface area contributed by atoms with Crippen molar-refractivity contribution in [1.82, 2.24) is 45.0 Å². The van der Waals surface area contributed by atoms with Crippen molar-refractivity contribution in [3.05, 3.63) is 83.5 Å². The topological polar surface area (TPSA) is 160 Å². The summed E-state index contributed by atoms with van der Waals surface area (Å²) in [5.74, 6) is 4.80. The zero-order valence-electron chi connectivity index (χ0n) is 28.1. The van der Waals surface area contributed by atoms with Crippen molar-refractivity contribution in [3.63, 3.8) is 0 Å². The first-order valence-corrected chi connectivity index (χ1v) is 16.0. The van der Waals surface area contributed by atoms with E-state index in [0.29, 0.717) is 11.4 Å². The van der Waals surface area contributed by atoms with E-state index in [4.69, 9.17) is 10.9 Å². The minimum absolute atomic E-state index is 0. The number of aryl methyl sites for hydroxylation is 3. The van der Waals surface area contributed by atoms with Crippen LogP contribution >= 0.6 is 0 Å². The number of aromatic nitrogens is 6. The molecular weight excluding hydrogens is 665 g/mol. The van der Waals surface area contributed by atoms with Crippen LogP contribution in [-0.2, 0) is 15.8 Å². The van der Waals surface area contributed by atoms with Crippen LogP contribution in [0.15, 0.2) is 61.2 Å². The second-order valence-corrected chi connectivity index (χ2v) is 11.9. The fraction of sp³-hybridized carbons (Fsp3) is 0.371. The minimum Gasteiger partial charge on any atom is -0.478 e. The Morgan fingerprint density at radius 3 is 1.71 bits per heavy atom. The number of nitrogens with one attached hydrogen (secondary N) is 1. The van der Waals surface area contributed by atoms with E-state index in [1.807, 2.05) is 10.0 Å². The van der Waals surface area contributed by atoms with E-state index in [1.54, 1.807) is 24.1 Å². The maximum atomic E-state index is 12.8. The van der Waals surface area contributed by atoms with Gasteiger partial charge in [-0.1, -0.05) is 24.6 Å². The summed E-state index contributed by atoms with van der Waals surface area (Å²) < 4.78 is 40.9. The number of carboxylic acid groups (broad SMARTS) is 1. The van der Waals surface area contributed by atoms with Gasteiger partial charge in [0.2, 0.25) is 0 Å². The third kappa shape index (κ3) is 13.2. The molecule has 0 atom stereocenters. The second kappa shape index (κ2) is 18.7. The van der Waals surface area contributed by atoms with E-state index in [9.17, 15) is 22.8 Å². The molecule has 274 valence electrons. The molecule has 51 heavy (non-hydrogen) atoms. The van der Waals surface area contributed by atoms with Gasteiger partial charge in [0.1, 0.15) is 12.7 Å². The molecule has 13 nitrogen and oxygen atoms in total. The molecule has 6 rings (SSSR count). The Balaban J connectivity index is 0.000000233. The van der Waals surface area contributed by atoms with E-state index in [0.717, 1.165) is 73.7 Å². The Morgan fingerprint density at radius 1 is 0.765 bits per heavy atom. The molecule has 2 aliphatic rings. The largest absolute Gasteiger partial charge is 0.478 e. The smallest absolute Gasteiger partial charge is 0.416 e. The molecule has 0 aliphatic carbocycles. The van der Waals surface area contributed by atoms with Crippen LogP contribution in [0.1, 0.15) is 55.4 Å². The Kier molecular flexibility index (Phi) is 14.8. The third-order valence-corrected chi connectivity index (χ3v) is 7.42. The summed E-state index contributed by atoms with van der Waals surface area (Å²) in [5.41, 5.74) is 6.04. The summed E-state index contributed by atoms with van der Waals surface area (Å²) in [6, 6.07) is 9.73. The lowest BCUT2D eigenvalue weighted by molar-refractivity contribution is -0.137. The zero-order chi connectivity index (χ0) is 36.3. The highest BCUT2D eigenvalue weighted by molar-refractivity contribution is 5.89. The van der Waals surface area contributed by atoms with Gasteiger partial charge in [0.15, 0.2) is 11.6 Å². The van der Waals surface area contributed by atoms with Crippen LogP contribution in [0.4, 0.5) is 13.2 Å². The number of carbonyl (C=O) groups is 2. The number of hydrazine groups is 2. The van der Waals surface area contributed by atoms with Crippen molar-refractivity contribution in [2.45, 2.75) is 60.1 Å². The predicted molar refractivity (Wildman–Crippen MR) is 189 cm³/mol. The summed E-state index contributed by atoms with van der Waals surface area (Å²) in [5, 5.41) is 20.6. The van der Waals surface area contributed by atoms with Crippen LogP contribution in [0.25, 0.3) is 35.2 Å². The summed E-state index contributed by atoms with van der Waals surface area (Å²) >= 11 is 0. The minimum atomic E-state index is -4.45. The zero-order valence-corrected chi connectivity index (χ0v) is 28.1. The number of hydrogen-bond donors (Lipinski definition) is 3. The number of benzene rings is 2. The number of alkyl halides is 3. The van der Waals surface area contributed by atoms with Gasteiger partial charge in [-0.15, -0.1) is 10.2 Å². The molecule has 0 radical (unpaired) electrons. The average molecular weight is 711 g/mol. The van der Waals surface area contributed by atoms with Gasteiger partial charge >= 0.3 is 12.1 Å². The lowest BCUT2D eigenvalue weighted by Crippen LogP contribution is -2.39. The quantitative estimate of drug-likeness (QED) is 0.163. The molecule has 0 spiro atoms. The first-order chi connectivity index (χ1) is 23.7. The first kappa shape index (κ1) is 40.2. The van der Waals surface area contributed by atoms with Gasteiger partial charge in [-0.3, -0.25) is 16.1 Å². The Labute approximate surface area is 295 Å². The first-order valence-electron chi connectivity index (χ1n) is 16.0. The molecule has 0 saturated carbocycles. The summed E-state index contributed by atoms with van der Waals surface area (Å²) in [7, 11) is 0. The van der Waals surface area contributed by atoms with Crippen molar-refractivity contribution in [1.29, 1.82) is 0 Å². The average Bonchev–Trinajstić information content (AvgIpc) is 3.88. The van der Waals surface area contributed by atoms with Crippen LogP contribution in [0, 0.1) is 20.8 Å². The van der Waals surface area contributed by atoms with Gasteiger partial charge in [0.05, 0.1) is 5.56 Å². The molecule has 0 bridgehead atoms. The number of nitrogens with zero attached hydrogens (tertiary/aromatic N) is 8. The summed E-state index contributed by atoms with van der Waals surface area (Å²) in [6.07, 6.45) is 8.27. The lowest BCUT2D eigenvalue weighted by Gasteiger charge is -2.14. The second-order valence-electron chi connectivity index (χ2n) is 11.9. The van der Waals surface area contributed by atoms with E-state index >= 15 is 0 Å². The molecule has 2 saturated heterocycles. The third-order valence-electron chi connectivity index (χ3n) is 7.42. The molecule has 0 unspecified atom stereocenters. The van der Waals surface area contributed by atoms with Crippen LogP contribution < -0.4 is 11.3 Å². The van der Waals surface area contributed by atoms with E-state index in [2.05, 4.69) is 57.6 Å². The van der Waals surface area contributed by atoms with E-state index in [1.165, 1.54) is 42.4 Å². The molecule has 4 heterocycles. The van der Waals surface area contributed by atoms with Crippen LogP contribution in [0.5, 0.6) is 0 Å². The number of aliphatic carboxylic acids is 1. The SMILES string of the molecule is C.Cc1cc(-c2ncn(/C=C\C(=O)O)n2)cc(C(F)(F)F)c1.Cc1cc(C)cc(-c2ncn(/C=C\C(=O)NN3CCCC3)n2)c1.NN1CCCC1. The maximum Gasteiger partial charge on any atom is 0.416 e. The molecule has 2 aliphatic heterocycles. The van der Waals surface area contributed by atoms with Gasteiger partial charge in [0, 0.05) is 61.9 Å². The van der Waals surface area contributed by atoms with E-state index in [-0.39, 0.29) is 24.7 Å². The number of carboxylic acids is 1. The number of nitrogens with two attached hydrogens (primary N) is 1. The fourth-order valence-electron chi connectivity index (χ4n) is 5.19. The number of rotatable bonds is 7. The van der Waals surface area contributed by atoms with Gasteiger partial charge in [-0.05, 0) is 82.3 Å². The van der Waals surface area contributed by atoms with Crippen molar-refractivity contribution >= 4 is 24.3 Å². The molecule has 1 amide bonds. The standard InChI is InChI=1S/C17H21N5O.C13H10F3N3O2.C4H10N2.CH4/c1-13-9-14(2)11-15(10-13)17-18-12-22(20-17)8-5-16(23)19-21-6-3-4-7-21;1-8-4-9(6-10(5-8)13(14,15)16)12-17-7-19(18-12)3-2-11(20)21;5-6-3-1-2-4-6;/h5,8-12H,3-4,6-7H2,1-2H3,(H,19,23);2-7H,1H3,(H,20,21);1-5H2;1H4/b8-5-;3-2-;;. The monoisotopic (exact) mass is 710 g/mol. The van der Waals surface area contributed by atoms with Crippen molar-refractivity contribution < 1.29 is 27.9 Å². The Morgan fingerprint density at radius 2 is 1.24 bits per heavy atom. The Bertz CT molecular complexity index is 1780. The van der Waals surface area contributed by atoms with Crippen LogP contribution in [0.3, 0.4) is 0 Å². The Hall–Kier alpha value is -5.19. The van der Waals surface area contributed by atoms with Gasteiger partial charge in [-0.25, -0.2) is 34.1 Å². The van der Waals surface area contributed by atoms with Gasteiger partial charge in [-0.2, -0.15) is 13.2 Å². The molecule has 4 N–H and O–H groups in total. The molecule has 2 aromatic carbocycles. The normalized spacial score (nSPS) is 14.9. The number of hydrogen-bond acceptors (Lipinski definition) is 9. The highest BCUT2D eigenvalue weighted by Gasteiger charge is 2.31. The summed E-state index contributed by atoms with van der Waals surface area (Å²) in [4.78, 5) is 30.4. The number of carbonyl (C=O) groups excluding carboxylic acids is 1. The van der Waals surface area contributed by atoms with Gasteiger partial charge in [0.25, 0.3) is 5.91 Å². The molecular formula is C35H45F3N10O3. The summed E-state index contributed by atoms with van der Waals surface area (Å²) in [6.45, 7) is 9.67. The van der Waals surface area contributed by atoms with E-state index < -0.39 is 17.7 Å². The molecule has 16 heteroatoms. The highest BCUT2D eigenvalue weighted by atomic mass is 19.4. The van der Waals surface area contributed by atoms with Crippen LogP contribution in [0.2, 0.25) is 0 Å². The molecule has 4 aromatic rings. The van der Waals surface area contributed by atoms with Crippen molar-refractivity contribution in [2.24, 2.45) is 5.84 Å². The fourth-order valence-corrected chi connectivity index (χ4v) is 5.19. The van der Waals surface area contributed by atoms with Gasteiger partial charge < -0.3 is 5.11 Å². The number of halogens is 3. The van der Waals surface area contributed by atoms with Crippen molar-refractivity contribution in [3.8, 4) is 22.8 Å². The lowest BCUT2D eigenvalue weighted by atomic mass is 10.1. The highest BCUT2D eigenvalue weighted by Crippen LogP contribution is 2.32. The number of amides is 1. The molecule has 2 fully saturated rings. The predicted octanol–water partition coefficient (Wildman–Crippen LogP) is 5.58. The van der Waals surface area contributed by atoms with Crippen molar-refractivity contribution in [2.75, 3.05) is 26.2 Å². The van der Waals surface area contributed by atoms with Crippen LogP contribution in [-0.4, -0.2) is 82.7 Å². The molecule has 2 aromatic heterocycles. The maximum absolute atomic E-state index is 12.8.